The van der Waals surface area contributed by atoms with Crippen molar-refractivity contribution in [2.45, 2.75) is 12.2 Å². The highest BCUT2D eigenvalue weighted by atomic mass is 31.1. The summed E-state index contributed by atoms with van der Waals surface area (Å²) in [5, 5.41) is 0.977. The first-order valence-corrected chi connectivity index (χ1v) is 17.6. The first-order valence-electron chi connectivity index (χ1n) is 14.9. The number of ketones is 1. The van der Waals surface area contributed by atoms with Gasteiger partial charge in [-0.05, 0) is 57.6 Å². The van der Waals surface area contributed by atoms with Crippen molar-refractivity contribution in [2.24, 2.45) is 0 Å². The molecule has 4 atom stereocenters. The largest absolute Gasteiger partial charge is 0.311 e. The summed E-state index contributed by atoms with van der Waals surface area (Å²) in [6.45, 7) is 0. The van der Waals surface area contributed by atoms with Gasteiger partial charge in [0.05, 0.1) is 0 Å². The number of rotatable bonds is 12. The molecule has 0 amide bonds. The van der Waals surface area contributed by atoms with Gasteiger partial charge in [-0.1, -0.05) is 146 Å². The summed E-state index contributed by atoms with van der Waals surface area (Å²) in [7, 11) is -5.75. The molecule has 0 radical (unpaired) electrons. The molecular formula is C39H32O5P2. The van der Waals surface area contributed by atoms with Crippen molar-refractivity contribution in [3.05, 3.63) is 181 Å². The van der Waals surface area contributed by atoms with Crippen LogP contribution in [0.25, 0.3) is 22.3 Å². The molecule has 0 N–H and O–H groups in total. The van der Waals surface area contributed by atoms with E-state index in [1.54, 1.807) is 72.8 Å². The smallest absolute Gasteiger partial charge is 0.221 e. The van der Waals surface area contributed by atoms with Crippen LogP contribution in [0.3, 0.4) is 0 Å². The van der Waals surface area contributed by atoms with E-state index in [1.807, 2.05) is 97.1 Å². The van der Waals surface area contributed by atoms with E-state index < -0.39 is 34.0 Å². The summed E-state index contributed by atoms with van der Waals surface area (Å²) < 4.78 is 39.5. The normalized spacial score (nSPS) is 13.7. The van der Waals surface area contributed by atoms with Crippen LogP contribution in [0.1, 0.15) is 23.3 Å². The van der Waals surface area contributed by atoms with E-state index in [0.29, 0.717) is 21.7 Å². The van der Waals surface area contributed by atoms with Gasteiger partial charge in [0.1, 0.15) is 0 Å². The Hall–Kier alpha value is -4.63. The molecule has 6 aromatic rings. The Morgan fingerprint density at radius 1 is 0.391 bits per heavy atom. The Morgan fingerprint density at radius 3 is 1.00 bits per heavy atom. The molecule has 0 aliphatic rings. The van der Waals surface area contributed by atoms with Gasteiger partial charge in [-0.25, -0.2) is 0 Å². The minimum absolute atomic E-state index is 0.489. The van der Waals surface area contributed by atoms with Gasteiger partial charge in [-0.2, -0.15) is 0 Å². The van der Waals surface area contributed by atoms with E-state index in [-0.39, 0.29) is 0 Å². The van der Waals surface area contributed by atoms with Gasteiger partial charge >= 0.3 is 0 Å². The van der Waals surface area contributed by atoms with Gasteiger partial charge in [0.2, 0.25) is 16.1 Å². The Morgan fingerprint density at radius 2 is 0.674 bits per heavy atom. The maximum absolute atomic E-state index is 14.4. The van der Waals surface area contributed by atoms with E-state index in [0.717, 1.165) is 22.3 Å². The van der Waals surface area contributed by atoms with Crippen LogP contribution in [0.2, 0.25) is 0 Å². The molecule has 0 saturated carbocycles. The molecule has 0 heterocycles. The summed E-state index contributed by atoms with van der Waals surface area (Å²) in [5.74, 6) is -0.490. The van der Waals surface area contributed by atoms with Crippen LogP contribution >= 0.6 is 16.1 Å². The highest BCUT2D eigenvalue weighted by Gasteiger charge is 2.34. The molecule has 6 rings (SSSR count). The lowest BCUT2D eigenvalue weighted by atomic mass is 9.97. The first kappa shape index (κ1) is 31.4. The molecule has 228 valence electrons. The van der Waals surface area contributed by atoms with Crippen molar-refractivity contribution in [1.29, 1.82) is 0 Å². The van der Waals surface area contributed by atoms with Crippen molar-refractivity contribution in [2.75, 3.05) is 0 Å². The van der Waals surface area contributed by atoms with Crippen LogP contribution in [-0.4, -0.2) is 5.78 Å². The molecule has 6 aromatic carbocycles. The van der Waals surface area contributed by atoms with Gasteiger partial charge in [0, 0.05) is 10.6 Å². The lowest BCUT2D eigenvalue weighted by molar-refractivity contribution is -0.133. The molecule has 0 aliphatic carbocycles. The monoisotopic (exact) mass is 642 g/mol. The van der Waals surface area contributed by atoms with Gasteiger partial charge in [-0.3, -0.25) is 13.9 Å². The molecule has 0 spiro atoms. The maximum atomic E-state index is 14.4. The highest BCUT2D eigenvalue weighted by Crippen LogP contribution is 2.40. The minimum atomic E-state index is -2.88. The first-order chi connectivity index (χ1) is 22.6. The quantitative estimate of drug-likeness (QED) is 0.125. The van der Waals surface area contributed by atoms with E-state index in [4.69, 9.17) is 9.05 Å². The lowest BCUT2D eigenvalue weighted by Crippen LogP contribution is -2.24. The third kappa shape index (κ3) is 7.59. The summed E-state index contributed by atoms with van der Waals surface area (Å²) >= 11 is 0. The number of hydrogen-bond acceptors (Lipinski definition) is 5. The van der Waals surface area contributed by atoms with Crippen LogP contribution in [0, 0.1) is 0 Å². The standard InChI is InChI=1S/C39H32O5P2/c40-37(38(33-17-9-3-10-18-33)43-45(41)35-25-21-31(22-26-35)29-13-5-1-6-14-29)39(34-19-11-4-12-20-34)44-46(42)36-27-23-32(24-28-36)30-15-7-2-8-16-30/h1-28,38-39,45-46H. The highest BCUT2D eigenvalue weighted by molar-refractivity contribution is 7.48. The zero-order valence-electron chi connectivity index (χ0n) is 24.9. The van der Waals surface area contributed by atoms with Crippen molar-refractivity contribution < 1.29 is 23.0 Å². The number of carbonyl (C=O) groups is 1. The Labute approximate surface area is 270 Å². The second kappa shape index (κ2) is 15.1. The average molecular weight is 643 g/mol. The topological polar surface area (TPSA) is 69.7 Å². The zero-order valence-corrected chi connectivity index (χ0v) is 26.9. The Balaban J connectivity index is 1.27. The maximum Gasteiger partial charge on any atom is 0.221 e. The molecule has 0 saturated heterocycles. The fraction of sp³-hybridized carbons (Fsp3) is 0.0513. The molecule has 0 aromatic heterocycles. The van der Waals surface area contributed by atoms with Gasteiger partial charge < -0.3 is 9.05 Å². The van der Waals surface area contributed by atoms with Crippen molar-refractivity contribution in [3.63, 3.8) is 0 Å². The van der Waals surface area contributed by atoms with Crippen LogP contribution in [-0.2, 0) is 23.0 Å². The second-order valence-corrected chi connectivity index (χ2v) is 13.5. The van der Waals surface area contributed by atoms with E-state index in [2.05, 4.69) is 0 Å². The summed E-state index contributed by atoms with van der Waals surface area (Å²) in [6, 6.07) is 52.2. The molecule has 46 heavy (non-hydrogen) atoms. The molecule has 0 fully saturated rings. The summed E-state index contributed by atoms with van der Waals surface area (Å²) in [4.78, 5) is 14.4. The Kier molecular flexibility index (Phi) is 10.3. The Bertz CT molecular complexity index is 1770. The van der Waals surface area contributed by atoms with Gasteiger partial charge in [-0.15, -0.1) is 0 Å². The molecule has 5 nitrogen and oxygen atoms in total. The third-order valence-electron chi connectivity index (χ3n) is 7.63. The molecule has 0 aliphatic heterocycles. The van der Waals surface area contributed by atoms with Crippen molar-refractivity contribution in [3.8, 4) is 22.3 Å². The molecule has 7 heteroatoms. The lowest BCUT2D eigenvalue weighted by Gasteiger charge is -2.24. The fourth-order valence-corrected chi connectivity index (χ4v) is 7.27. The molecule has 4 unspecified atom stereocenters. The third-order valence-corrected chi connectivity index (χ3v) is 10.1. The van der Waals surface area contributed by atoms with E-state index in [1.165, 1.54) is 0 Å². The number of benzene rings is 6. The van der Waals surface area contributed by atoms with Gasteiger partial charge in [0.15, 0.2) is 18.0 Å². The number of carbonyl (C=O) groups excluding carboxylic acids is 1. The van der Waals surface area contributed by atoms with Crippen LogP contribution in [0.5, 0.6) is 0 Å². The minimum Gasteiger partial charge on any atom is -0.311 e. The molecular weight excluding hydrogens is 610 g/mol. The van der Waals surface area contributed by atoms with E-state index >= 15 is 0 Å². The predicted octanol–water partition coefficient (Wildman–Crippen LogP) is 9.01. The van der Waals surface area contributed by atoms with E-state index in [9.17, 15) is 13.9 Å². The number of Topliss-reactive ketones (excluding diaryl/α,β-unsaturated/α-hetero) is 1. The second-order valence-electron chi connectivity index (χ2n) is 10.7. The van der Waals surface area contributed by atoms with Crippen molar-refractivity contribution in [1.82, 2.24) is 0 Å². The van der Waals surface area contributed by atoms with Gasteiger partial charge in [0.25, 0.3) is 0 Å². The van der Waals surface area contributed by atoms with Crippen LogP contribution in [0.15, 0.2) is 170 Å². The summed E-state index contributed by atoms with van der Waals surface area (Å²) in [5.41, 5.74) is 5.11. The molecule has 0 bridgehead atoms. The fourth-order valence-electron chi connectivity index (χ4n) is 5.18. The summed E-state index contributed by atoms with van der Waals surface area (Å²) in [6.07, 6.45) is -2.44. The zero-order chi connectivity index (χ0) is 31.7. The van der Waals surface area contributed by atoms with Crippen molar-refractivity contribution >= 4 is 32.4 Å². The average Bonchev–Trinajstić information content (AvgIpc) is 3.14. The number of hydrogen-bond donors (Lipinski definition) is 0. The SMILES string of the molecule is O=C(C(O[PH](=O)c1ccc(-c2ccccc2)cc1)c1ccccc1)C(O[PH](=O)c1ccc(-c2ccccc2)cc1)c1ccccc1. The van der Waals surface area contributed by atoms with Crippen LogP contribution < -0.4 is 10.6 Å². The predicted molar refractivity (Wildman–Crippen MR) is 187 cm³/mol. The van der Waals surface area contributed by atoms with Crippen LogP contribution in [0.4, 0.5) is 0 Å².